The molecule has 1 aliphatic carbocycles. The number of benzene rings is 2. The molecular weight excluding hydrogens is 390 g/mol. The van der Waals surface area contributed by atoms with Gasteiger partial charge in [0.2, 0.25) is 0 Å². The van der Waals surface area contributed by atoms with E-state index in [1.54, 1.807) is 6.20 Å². The average Bonchev–Trinajstić information content (AvgIpc) is 3.16. The number of aliphatic imine (C=N–C) groups is 1. The third-order valence-electron chi connectivity index (χ3n) is 5.84. The fourth-order valence-electron chi connectivity index (χ4n) is 4.21. The van der Waals surface area contributed by atoms with E-state index < -0.39 is 0 Å². The molecule has 5 rings (SSSR count). The molecule has 3 nitrogen and oxygen atoms in total. The first-order valence-electron chi connectivity index (χ1n) is 10.3. The van der Waals surface area contributed by atoms with Gasteiger partial charge in [-0.15, -0.1) is 0 Å². The van der Waals surface area contributed by atoms with Crippen molar-refractivity contribution >= 4 is 28.2 Å². The van der Waals surface area contributed by atoms with Gasteiger partial charge in [0.15, 0.2) is 0 Å². The van der Waals surface area contributed by atoms with Crippen molar-refractivity contribution in [1.29, 1.82) is 0 Å². The van der Waals surface area contributed by atoms with Gasteiger partial charge >= 0.3 is 0 Å². The molecule has 150 valence electrons. The molecule has 0 saturated carbocycles. The zero-order valence-electron chi connectivity index (χ0n) is 17.4. The normalized spacial score (nSPS) is 20.5. The zero-order valence-corrected chi connectivity index (χ0v) is 18.1. The van der Waals surface area contributed by atoms with Gasteiger partial charge < -0.3 is 5.32 Å². The van der Waals surface area contributed by atoms with Crippen LogP contribution in [0.5, 0.6) is 0 Å². The summed E-state index contributed by atoms with van der Waals surface area (Å²) in [6, 6.07) is 16.7. The number of rotatable bonds is 2. The van der Waals surface area contributed by atoms with Crippen molar-refractivity contribution in [1.82, 2.24) is 10.3 Å². The van der Waals surface area contributed by atoms with Gasteiger partial charge in [0.05, 0.1) is 22.8 Å². The number of amidine groups is 1. The van der Waals surface area contributed by atoms with Crippen molar-refractivity contribution in [2.45, 2.75) is 32.9 Å². The smallest absolute Gasteiger partial charge is 0.130 e. The fraction of sp³-hybridized carbons (Fsp3) is 0.231. The summed E-state index contributed by atoms with van der Waals surface area (Å²) in [6.07, 6.45) is 8.54. The first kappa shape index (κ1) is 19.1. The van der Waals surface area contributed by atoms with Crippen LogP contribution < -0.4 is 5.32 Å². The first-order chi connectivity index (χ1) is 14.4. The number of fused-ring (bicyclic) bond motifs is 2. The van der Waals surface area contributed by atoms with Crippen LogP contribution in [0.25, 0.3) is 22.0 Å². The van der Waals surface area contributed by atoms with Gasteiger partial charge in [-0.2, -0.15) is 0 Å². The molecule has 0 radical (unpaired) electrons. The van der Waals surface area contributed by atoms with Crippen molar-refractivity contribution in [3.8, 4) is 11.3 Å². The Morgan fingerprint density at radius 2 is 1.67 bits per heavy atom. The third kappa shape index (κ3) is 3.23. The number of hydrogen-bond donors (Lipinski definition) is 1. The Bertz CT molecular complexity index is 1230. The van der Waals surface area contributed by atoms with Gasteiger partial charge in [0, 0.05) is 17.3 Å². The van der Waals surface area contributed by atoms with E-state index in [-0.39, 0.29) is 17.5 Å². The minimum absolute atomic E-state index is 0.127. The van der Waals surface area contributed by atoms with Crippen LogP contribution in [0, 0.1) is 5.41 Å². The molecule has 30 heavy (non-hydrogen) atoms. The lowest BCUT2D eigenvalue weighted by molar-refractivity contribution is 0.504. The van der Waals surface area contributed by atoms with Crippen LogP contribution in [0.2, 0.25) is 5.02 Å². The summed E-state index contributed by atoms with van der Waals surface area (Å²) in [7, 11) is 0. The van der Waals surface area contributed by atoms with Crippen molar-refractivity contribution in [2.24, 2.45) is 10.4 Å². The summed E-state index contributed by atoms with van der Waals surface area (Å²) in [5.74, 6) is 0.941. The molecule has 1 N–H and O–H groups in total. The number of aromatic nitrogens is 1. The maximum atomic E-state index is 6.45. The van der Waals surface area contributed by atoms with Gasteiger partial charge in [-0.05, 0) is 40.0 Å². The Kier molecular flexibility index (Phi) is 4.52. The van der Waals surface area contributed by atoms with E-state index in [1.807, 2.05) is 12.1 Å². The van der Waals surface area contributed by atoms with Crippen molar-refractivity contribution < 1.29 is 0 Å². The molecule has 0 spiro atoms. The molecule has 2 heterocycles. The minimum atomic E-state index is 0.127. The molecule has 0 saturated heterocycles. The van der Waals surface area contributed by atoms with Gasteiger partial charge in [-0.25, -0.2) is 0 Å². The summed E-state index contributed by atoms with van der Waals surface area (Å²) >= 11 is 6.45. The zero-order chi connectivity index (χ0) is 20.9. The Balaban J connectivity index is 1.58. The van der Waals surface area contributed by atoms with Crippen molar-refractivity contribution in [2.75, 3.05) is 0 Å². The van der Waals surface area contributed by atoms with E-state index in [1.165, 1.54) is 5.57 Å². The third-order valence-corrected chi connectivity index (χ3v) is 6.15. The van der Waals surface area contributed by atoms with E-state index >= 15 is 0 Å². The highest BCUT2D eigenvalue weighted by molar-refractivity contribution is 6.33. The molecular formula is C26H24ClN3. The number of hydrogen-bond acceptors (Lipinski definition) is 3. The van der Waals surface area contributed by atoms with E-state index in [9.17, 15) is 0 Å². The van der Waals surface area contributed by atoms with E-state index in [0.29, 0.717) is 5.02 Å². The van der Waals surface area contributed by atoms with Crippen molar-refractivity contribution in [3.05, 3.63) is 89.1 Å². The van der Waals surface area contributed by atoms with Gasteiger partial charge in [0.1, 0.15) is 5.84 Å². The molecule has 4 heteroatoms. The second kappa shape index (κ2) is 7.10. The monoisotopic (exact) mass is 413 g/mol. The van der Waals surface area contributed by atoms with E-state index in [2.05, 4.69) is 85.7 Å². The molecule has 0 bridgehead atoms. The first-order valence-corrected chi connectivity index (χ1v) is 10.7. The molecule has 0 amide bonds. The number of pyridine rings is 1. The Morgan fingerprint density at radius 1 is 0.933 bits per heavy atom. The molecule has 1 aliphatic heterocycles. The SMILES string of the molecule is CC(C)(C)C1=CC2NC(c3ccc(-c4ncccc4Cl)c4ccccc34)=NC2C=C1. The van der Waals surface area contributed by atoms with Gasteiger partial charge in [-0.3, -0.25) is 9.98 Å². The summed E-state index contributed by atoms with van der Waals surface area (Å²) in [4.78, 5) is 9.52. The Labute approximate surface area is 182 Å². The van der Waals surface area contributed by atoms with Crippen LogP contribution in [-0.2, 0) is 0 Å². The second-order valence-electron chi connectivity index (χ2n) is 8.91. The average molecular weight is 414 g/mol. The number of nitrogens with one attached hydrogen (secondary N) is 1. The lowest BCUT2D eigenvalue weighted by atomic mass is 9.82. The van der Waals surface area contributed by atoms with Crippen LogP contribution in [0.4, 0.5) is 0 Å². The molecule has 2 aromatic carbocycles. The number of nitrogens with zero attached hydrogens (tertiary/aromatic N) is 2. The molecule has 2 atom stereocenters. The maximum Gasteiger partial charge on any atom is 0.130 e. The maximum absolute atomic E-state index is 6.45. The highest BCUT2D eigenvalue weighted by atomic mass is 35.5. The molecule has 2 aliphatic rings. The summed E-state index contributed by atoms with van der Waals surface area (Å²) in [5.41, 5.74) is 4.42. The molecule has 2 unspecified atom stereocenters. The van der Waals surface area contributed by atoms with Gasteiger partial charge in [-0.1, -0.05) is 80.9 Å². The number of halogens is 1. The highest BCUT2D eigenvalue weighted by Gasteiger charge is 2.31. The van der Waals surface area contributed by atoms with Crippen LogP contribution in [0.15, 0.2) is 83.5 Å². The second-order valence-corrected chi connectivity index (χ2v) is 9.32. The van der Waals surface area contributed by atoms with Crippen LogP contribution in [0.3, 0.4) is 0 Å². The van der Waals surface area contributed by atoms with Crippen LogP contribution in [-0.4, -0.2) is 22.9 Å². The fourth-order valence-corrected chi connectivity index (χ4v) is 4.43. The van der Waals surface area contributed by atoms with Crippen LogP contribution in [0.1, 0.15) is 26.3 Å². The predicted octanol–water partition coefficient (Wildman–Crippen LogP) is 6.18. The highest BCUT2D eigenvalue weighted by Crippen LogP contribution is 2.35. The lowest BCUT2D eigenvalue weighted by Crippen LogP contribution is -2.35. The molecule has 0 fully saturated rings. The topological polar surface area (TPSA) is 37.3 Å². The van der Waals surface area contributed by atoms with Crippen LogP contribution >= 0.6 is 11.6 Å². The Morgan fingerprint density at radius 3 is 2.40 bits per heavy atom. The summed E-state index contributed by atoms with van der Waals surface area (Å²) in [6.45, 7) is 6.74. The van der Waals surface area contributed by atoms with E-state index in [4.69, 9.17) is 16.6 Å². The van der Waals surface area contributed by atoms with Gasteiger partial charge in [0.25, 0.3) is 0 Å². The molecule has 3 aromatic rings. The summed E-state index contributed by atoms with van der Waals surface area (Å²) in [5, 5.41) is 6.58. The molecule has 1 aromatic heterocycles. The lowest BCUT2D eigenvalue weighted by Gasteiger charge is -2.26. The largest absolute Gasteiger partial charge is 0.361 e. The van der Waals surface area contributed by atoms with E-state index in [0.717, 1.165) is 33.4 Å². The number of allylic oxidation sites excluding steroid dienone is 2. The minimum Gasteiger partial charge on any atom is -0.361 e. The summed E-state index contributed by atoms with van der Waals surface area (Å²) < 4.78 is 0. The predicted molar refractivity (Wildman–Crippen MR) is 126 cm³/mol. The Hall–Kier alpha value is -2.91. The van der Waals surface area contributed by atoms with Crippen molar-refractivity contribution in [3.63, 3.8) is 0 Å². The standard InChI is InChI=1S/C26H24ClN3/c1-26(2,3)16-10-13-22-23(15-16)30-25(29-22)20-12-11-19(17-7-4-5-8-18(17)20)24-21(27)9-6-14-28-24/h4-15,22-23H,1-3H3,(H,29,30). The quantitative estimate of drug-likeness (QED) is 0.544.